The van der Waals surface area contributed by atoms with Crippen LogP contribution in [-0.4, -0.2) is 95.3 Å². The monoisotopic (exact) mass is 657 g/mol. The van der Waals surface area contributed by atoms with E-state index in [0.717, 1.165) is 5.56 Å². The number of benzene rings is 2. The lowest BCUT2D eigenvalue weighted by Gasteiger charge is -2.38. The number of cyclic esters (lactones) is 1. The van der Waals surface area contributed by atoms with E-state index >= 15 is 0 Å². The van der Waals surface area contributed by atoms with Crippen LogP contribution in [0.4, 0.5) is 0 Å². The van der Waals surface area contributed by atoms with Crippen molar-refractivity contribution >= 4 is 23.7 Å². The SMILES string of the molecule is CC[C@@H](CO)N1C(=O)[C@@H]2[C@H]3C(=O)O[C@@H](c4ccccc4)[C@H](COC)NC(=O)CC/C=C\CN(Cc4ccccc4)C(=O)[C@@H]1[C@]21C=C[C@H]3O1. The third-order valence-corrected chi connectivity index (χ3v) is 9.88. The van der Waals surface area contributed by atoms with Crippen LogP contribution in [0, 0.1) is 11.8 Å². The fourth-order valence-electron chi connectivity index (χ4n) is 7.60. The average molecular weight is 658 g/mol. The molecule has 2 aromatic carbocycles. The number of esters is 1. The van der Waals surface area contributed by atoms with E-state index in [1.54, 1.807) is 17.1 Å². The van der Waals surface area contributed by atoms with E-state index in [0.29, 0.717) is 18.4 Å². The molecule has 4 aliphatic rings. The maximum absolute atomic E-state index is 14.8. The number of ether oxygens (including phenoxy) is 3. The summed E-state index contributed by atoms with van der Waals surface area (Å²) in [4.78, 5) is 60.0. The van der Waals surface area contributed by atoms with Crippen molar-refractivity contribution in [3.63, 3.8) is 0 Å². The van der Waals surface area contributed by atoms with Crippen molar-refractivity contribution in [3.05, 3.63) is 96.1 Å². The fourth-order valence-corrected chi connectivity index (χ4v) is 7.60. The van der Waals surface area contributed by atoms with E-state index in [1.807, 2.05) is 79.7 Å². The minimum absolute atomic E-state index is 0.0681. The molecule has 1 spiro atoms. The van der Waals surface area contributed by atoms with Crippen LogP contribution >= 0.6 is 0 Å². The number of carbonyl (C=O) groups excluding carboxylic acids is 4. The van der Waals surface area contributed by atoms with Gasteiger partial charge in [0.1, 0.15) is 23.7 Å². The van der Waals surface area contributed by atoms with Crippen LogP contribution in [0.2, 0.25) is 0 Å². The largest absolute Gasteiger partial charge is 0.455 e. The molecule has 0 aromatic heterocycles. The van der Waals surface area contributed by atoms with Gasteiger partial charge in [-0.1, -0.05) is 91.9 Å². The highest BCUT2D eigenvalue weighted by Gasteiger charge is 2.74. The molecule has 0 unspecified atom stereocenters. The Morgan fingerprint density at radius 2 is 1.75 bits per heavy atom. The summed E-state index contributed by atoms with van der Waals surface area (Å²) in [6, 6.07) is 16.1. The minimum atomic E-state index is -1.43. The topological polar surface area (TPSA) is 135 Å². The lowest BCUT2D eigenvalue weighted by Crippen LogP contribution is -2.58. The lowest BCUT2D eigenvalue weighted by atomic mass is 9.74. The second-order valence-corrected chi connectivity index (χ2v) is 12.8. The molecular weight excluding hydrogens is 614 g/mol. The Balaban J connectivity index is 1.45. The minimum Gasteiger partial charge on any atom is -0.455 e. The molecule has 2 N–H and O–H groups in total. The number of amides is 3. The van der Waals surface area contributed by atoms with E-state index in [4.69, 9.17) is 14.2 Å². The zero-order valence-corrected chi connectivity index (χ0v) is 27.3. The van der Waals surface area contributed by atoms with Gasteiger partial charge in [0, 0.05) is 26.6 Å². The Hall–Kier alpha value is -4.32. The van der Waals surface area contributed by atoms with Gasteiger partial charge >= 0.3 is 5.97 Å². The van der Waals surface area contributed by atoms with Crippen molar-refractivity contribution in [1.82, 2.24) is 15.1 Å². The second kappa shape index (κ2) is 14.4. The maximum Gasteiger partial charge on any atom is 0.313 e. The van der Waals surface area contributed by atoms with Gasteiger partial charge in [0.25, 0.3) is 0 Å². The third kappa shape index (κ3) is 6.18. The maximum atomic E-state index is 14.8. The van der Waals surface area contributed by atoms with Gasteiger partial charge in [0.15, 0.2) is 0 Å². The molecule has 11 heteroatoms. The highest BCUT2D eigenvalue weighted by Crippen LogP contribution is 2.56. The second-order valence-electron chi connectivity index (χ2n) is 12.8. The molecule has 0 aliphatic carbocycles. The molecule has 4 aliphatic heterocycles. The van der Waals surface area contributed by atoms with Gasteiger partial charge in [-0.2, -0.15) is 0 Å². The number of aliphatic hydroxyl groups excluding tert-OH is 1. The first-order valence-corrected chi connectivity index (χ1v) is 16.6. The Morgan fingerprint density at radius 3 is 2.44 bits per heavy atom. The number of nitrogens with zero attached hydrogens (tertiary/aromatic N) is 2. The van der Waals surface area contributed by atoms with Crippen LogP contribution in [0.15, 0.2) is 85.0 Å². The van der Waals surface area contributed by atoms with Gasteiger partial charge in [-0.3, -0.25) is 19.2 Å². The smallest absolute Gasteiger partial charge is 0.313 e. The number of likely N-dealkylation sites (tertiary alicyclic amines) is 1. The molecule has 11 nitrogen and oxygen atoms in total. The Morgan fingerprint density at radius 1 is 1.02 bits per heavy atom. The van der Waals surface area contributed by atoms with Crippen molar-refractivity contribution in [1.29, 1.82) is 0 Å². The zero-order chi connectivity index (χ0) is 33.8. The van der Waals surface area contributed by atoms with E-state index in [-0.39, 0.29) is 44.5 Å². The molecule has 2 fully saturated rings. The van der Waals surface area contributed by atoms with Crippen molar-refractivity contribution < 1.29 is 38.5 Å². The first kappa shape index (κ1) is 33.6. The van der Waals surface area contributed by atoms with Crippen LogP contribution in [0.5, 0.6) is 0 Å². The highest BCUT2D eigenvalue weighted by molar-refractivity contribution is 5.99. The number of fused-ring (bicyclic) bond motifs is 2. The summed E-state index contributed by atoms with van der Waals surface area (Å²) in [5.74, 6) is -3.81. The van der Waals surface area contributed by atoms with Crippen molar-refractivity contribution in [2.24, 2.45) is 11.8 Å². The molecule has 2 aromatic rings. The summed E-state index contributed by atoms with van der Waals surface area (Å²) in [5.41, 5.74) is 0.115. The normalized spacial score (nSPS) is 31.8. The molecule has 6 rings (SSSR count). The molecule has 5 bridgehead atoms. The first-order valence-electron chi connectivity index (χ1n) is 16.6. The quantitative estimate of drug-likeness (QED) is 0.327. The third-order valence-electron chi connectivity index (χ3n) is 9.88. The molecule has 8 atom stereocenters. The highest BCUT2D eigenvalue weighted by atomic mass is 16.6. The number of hydrogen-bond acceptors (Lipinski definition) is 8. The molecule has 4 heterocycles. The lowest BCUT2D eigenvalue weighted by molar-refractivity contribution is -0.163. The van der Waals surface area contributed by atoms with Crippen molar-refractivity contribution in [3.8, 4) is 0 Å². The number of carbonyl (C=O) groups is 4. The Bertz CT molecular complexity index is 1540. The van der Waals surface area contributed by atoms with Gasteiger partial charge < -0.3 is 34.4 Å². The fraction of sp³-hybridized carbons (Fsp3) is 0.459. The Kier molecular flexibility index (Phi) is 10.1. The summed E-state index contributed by atoms with van der Waals surface area (Å²) in [5, 5.41) is 13.4. The predicted octanol–water partition coefficient (Wildman–Crippen LogP) is 2.70. The van der Waals surface area contributed by atoms with Gasteiger partial charge in [-0.15, -0.1) is 0 Å². The number of allylic oxidation sites excluding steroid dienone is 1. The summed E-state index contributed by atoms with van der Waals surface area (Å²) in [6.45, 7) is 2.03. The van der Waals surface area contributed by atoms with Crippen LogP contribution in [-0.2, 0) is 39.9 Å². The summed E-state index contributed by atoms with van der Waals surface area (Å²) in [6.07, 6.45) is 6.45. The van der Waals surface area contributed by atoms with Crippen molar-refractivity contribution in [2.45, 2.75) is 68.7 Å². The van der Waals surface area contributed by atoms with Crippen LogP contribution in [0.25, 0.3) is 0 Å². The molecule has 0 radical (unpaired) electrons. The predicted molar refractivity (Wildman–Crippen MR) is 175 cm³/mol. The number of rotatable bonds is 8. The van der Waals surface area contributed by atoms with Gasteiger partial charge in [0.2, 0.25) is 17.7 Å². The average Bonchev–Trinajstić information content (AvgIpc) is 3.75. The summed E-state index contributed by atoms with van der Waals surface area (Å²) >= 11 is 0. The zero-order valence-electron chi connectivity index (χ0n) is 27.3. The molecule has 3 amide bonds. The summed E-state index contributed by atoms with van der Waals surface area (Å²) < 4.78 is 18.3. The molecule has 2 saturated heterocycles. The Labute approximate surface area is 280 Å². The first-order chi connectivity index (χ1) is 23.3. The number of aliphatic hydroxyl groups is 1. The number of nitrogens with one attached hydrogen (secondary N) is 1. The van der Waals surface area contributed by atoms with E-state index in [1.165, 1.54) is 12.0 Å². The van der Waals surface area contributed by atoms with E-state index in [9.17, 15) is 24.3 Å². The van der Waals surface area contributed by atoms with Gasteiger partial charge in [-0.05, 0) is 24.0 Å². The molecule has 254 valence electrons. The molecule has 48 heavy (non-hydrogen) atoms. The van der Waals surface area contributed by atoms with E-state index < -0.39 is 59.6 Å². The standard InChI is InChI=1S/C37H43N3O8/c1-3-26(22-41)40-33-35(44)39(21-24-13-7-4-8-14-24)20-12-6-11-17-29(42)38-27(23-46-2)32(25-15-9-5-10-16-25)47-36(45)30-28-18-19-37(33,48-28)31(30)34(40)43/h4-10,12-16,18-19,26-28,30-33,41H,3,11,17,20-23H2,1-2H3,(H,38,42)/b12-6-/t26-,27-,28+,30-,31-,32-,33+,37-/m0/s1. The summed E-state index contributed by atoms with van der Waals surface area (Å²) in [7, 11) is 1.51. The van der Waals surface area contributed by atoms with Crippen molar-refractivity contribution in [2.75, 3.05) is 26.9 Å². The van der Waals surface area contributed by atoms with Crippen LogP contribution in [0.3, 0.4) is 0 Å². The van der Waals surface area contributed by atoms with Gasteiger partial charge in [0.05, 0.1) is 37.3 Å². The van der Waals surface area contributed by atoms with E-state index in [2.05, 4.69) is 5.32 Å². The van der Waals surface area contributed by atoms with Crippen LogP contribution < -0.4 is 5.32 Å². The molecular formula is C37H43N3O8. The van der Waals surface area contributed by atoms with Gasteiger partial charge in [-0.25, -0.2) is 0 Å². The number of hydrogen-bond donors (Lipinski definition) is 2. The van der Waals surface area contributed by atoms with Crippen LogP contribution in [0.1, 0.15) is 43.4 Å². The number of methoxy groups -OCH3 is 1. The molecule has 0 saturated carbocycles.